The smallest absolute Gasteiger partial charge is 0.337 e. The van der Waals surface area contributed by atoms with Crippen LogP contribution >= 0.6 is 0 Å². The van der Waals surface area contributed by atoms with Crippen molar-refractivity contribution in [1.29, 1.82) is 0 Å². The van der Waals surface area contributed by atoms with Crippen LogP contribution in [0.25, 0.3) is 0 Å². The van der Waals surface area contributed by atoms with Crippen molar-refractivity contribution in [3.8, 4) is 0 Å². The van der Waals surface area contributed by atoms with E-state index >= 15 is 0 Å². The van der Waals surface area contributed by atoms with Gasteiger partial charge < -0.3 is 15.0 Å². The Morgan fingerprint density at radius 2 is 1.96 bits per heavy atom. The topological polar surface area (TPSA) is 75.7 Å². The van der Waals surface area contributed by atoms with Crippen LogP contribution in [-0.2, 0) is 14.3 Å². The summed E-state index contributed by atoms with van der Waals surface area (Å²) in [7, 11) is 1.30. The molecule has 0 spiro atoms. The van der Waals surface area contributed by atoms with Gasteiger partial charge in [-0.05, 0) is 24.1 Å². The fraction of sp³-hybridized carbons (Fsp3) is 0.471. The lowest BCUT2D eigenvalue weighted by molar-refractivity contribution is -0.129. The summed E-state index contributed by atoms with van der Waals surface area (Å²) in [6, 6.07) is 6.53. The van der Waals surface area contributed by atoms with Gasteiger partial charge in [-0.25, -0.2) is 4.79 Å². The average molecular weight is 320 g/mol. The number of carbonyl (C=O) groups is 3. The standard InChI is InChI=1S/C17H24N2O4/c1-12(2)11-19(13(3)20)9-8-16(21)18-15-7-5-6-14(10-15)17(22)23-4/h5-7,10,12H,8-9,11H2,1-4H3,(H,18,21). The van der Waals surface area contributed by atoms with Gasteiger partial charge in [-0.15, -0.1) is 0 Å². The molecule has 0 unspecified atom stereocenters. The Hall–Kier alpha value is -2.37. The number of nitrogens with zero attached hydrogens (tertiary/aromatic N) is 1. The van der Waals surface area contributed by atoms with Crippen LogP contribution in [0.15, 0.2) is 24.3 Å². The Morgan fingerprint density at radius 3 is 2.52 bits per heavy atom. The van der Waals surface area contributed by atoms with Crippen molar-refractivity contribution in [2.24, 2.45) is 5.92 Å². The number of esters is 1. The van der Waals surface area contributed by atoms with E-state index in [2.05, 4.69) is 10.1 Å². The van der Waals surface area contributed by atoms with Crippen molar-refractivity contribution in [2.45, 2.75) is 27.2 Å². The first-order chi connectivity index (χ1) is 10.8. The van der Waals surface area contributed by atoms with Crippen LogP contribution in [0, 0.1) is 5.92 Å². The largest absolute Gasteiger partial charge is 0.465 e. The van der Waals surface area contributed by atoms with Gasteiger partial charge in [0.15, 0.2) is 0 Å². The molecule has 0 fully saturated rings. The van der Waals surface area contributed by atoms with E-state index in [0.29, 0.717) is 30.3 Å². The molecule has 0 saturated carbocycles. The Kier molecular flexibility index (Phi) is 7.25. The van der Waals surface area contributed by atoms with Gasteiger partial charge in [0.2, 0.25) is 11.8 Å². The minimum atomic E-state index is -0.458. The molecule has 0 aliphatic rings. The number of hydrogen-bond donors (Lipinski definition) is 1. The third kappa shape index (κ3) is 6.50. The third-order valence-corrected chi connectivity index (χ3v) is 3.21. The number of ether oxygens (including phenoxy) is 1. The summed E-state index contributed by atoms with van der Waals surface area (Å²) < 4.78 is 4.64. The molecule has 23 heavy (non-hydrogen) atoms. The maximum Gasteiger partial charge on any atom is 0.337 e. The van der Waals surface area contributed by atoms with E-state index in [-0.39, 0.29) is 18.2 Å². The third-order valence-electron chi connectivity index (χ3n) is 3.21. The molecule has 0 saturated heterocycles. The molecule has 0 aliphatic carbocycles. The predicted octanol–water partition coefficient (Wildman–Crippen LogP) is 2.31. The van der Waals surface area contributed by atoms with Gasteiger partial charge in [0.1, 0.15) is 0 Å². The number of methoxy groups -OCH3 is 1. The molecule has 6 heteroatoms. The zero-order valence-electron chi connectivity index (χ0n) is 14.1. The summed E-state index contributed by atoms with van der Waals surface area (Å²) >= 11 is 0. The number of hydrogen-bond acceptors (Lipinski definition) is 4. The van der Waals surface area contributed by atoms with Gasteiger partial charge >= 0.3 is 5.97 Å². The molecule has 0 bridgehead atoms. The van der Waals surface area contributed by atoms with Crippen molar-refractivity contribution in [1.82, 2.24) is 4.90 Å². The summed E-state index contributed by atoms with van der Waals surface area (Å²) in [6.07, 6.45) is 0.203. The van der Waals surface area contributed by atoms with E-state index in [4.69, 9.17) is 0 Å². The zero-order valence-corrected chi connectivity index (χ0v) is 14.1. The summed E-state index contributed by atoms with van der Waals surface area (Å²) in [5, 5.41) is 2.72. The van der Waals surface area contributed by atoms with Crippen LogP contribution in [0.3, 0.4) is 0 Å². The first-order valence-corrected chi connectivity index (χ1v) is 7.57. The van der Waals surface area contributed by atoms with Crippen molar-refractivity contribution in [2.75, 3.05) is 25.5 Å². The van der Waals surface area contributed by atoms with Crippen LogP contribution in [0.5, 0.6) is 0 Å². The van der Waals surface area contributed by atoms with Crippen LogP contribution in [0.1, 0.15) is 37.6 Å². The molecule has 126 valence electrons. The maximum atomic E-state index is 12.0. The molecule has 6 nitrogen and oxygen atoms in total. The van der Waals surface area contributed by atoms with Gasteiger partial charge in [0, 0.05) is 32.1 Å². The lowest BCUT2D eigenvalue weighted by Crippen LogP contribution is -2.34. The van der Waals surface area contributed by atoms with Crippen LogP contribution in [-0.4, -0.2) is 42.9 Å². The van der Waals surface area contributed by atoms with E-state index in [9.17, 15) is 14.4 Å². The van der Waals surface area contributed by atoms with E-state index in [1.165, 1.54) is 14.0 Å². The van der Waals surface area contributed by atoms with Crippen molar-refractivity contribution >= 4 is 23.5 Å². The molecule has 1 N–H and O–H groups in total. The van der Waals surface area contributed by atoms with E-state index in [1.54, 1.807) is 29.2 Å². The minimum absolute atomic E-state index is 0.0424. The van der Waals surface area contributed by atoms with Crippen molar-refractivity contribution in [3.05, 3.63) is 29.8 Å². The Labute approximate surface area is 136 Å². The highest BCUT2D eigenvalue weighted by Crippen LogP contribution is 2.12. The molecule has 2 amide bonds. The second-order valence-electron chi connectivity index (χ2n) is 5.73. The van der Waals surface area contributed by atoms with Crippen LogP contribution in [0.2, 0.25) is 0 Å². The molecule has 1 aromatic carbocycles. The Bertz CT molecular complexity index is 569. The van der Waals surface area contributed by atoms with Crippen LogP contribution < -0.4 is 5.32 Å². The van der Waals surface area contributed by atoms with Gasteiger partial charge in [0.25, 0.3) is 0 Å². The van der Waals surface area contributed by atoms with Gasteiger partial charge in [-0.1, -0.05) is 19.9 Å². The highest BCUT2D eigenvalue weighted by atomic mass is 16.5. The summed E-state index contributed by atoms with van der Waals surface area (Å²) in [4.78, 5) is 36.7. The summed E-state index contributed by atoms with van der Waals surface area (Å²) in [5.74, 6) is -0.360. The molecule has 0 aromatic heterocycles. The molecular weight excluding hydrogens is 296 g/mol. The van der Waals surface area contributed by atoms with Crippen molar-refractivity contribution < 1.29 is 19.1 Å². The lowest BCUT2D eigenvalue weighted by atomic mass is 10.2. The first kappa shape index (κ1) is 18.7. The summed E-state index contributed by atoms with van der Waals surface area (Å²) in [6.45, 7) is 6.54. The maximum absolute atomic E-state index is 12.0. The first-order valence-electron chi connectivity index (χ1n) is 7.57. The molecule has 0 radical (unpaired) electrons. The number of nitrogens with one attached hydrogen (secondary N) is 1. The summed E-state index contributed by atoms with van der Waals surface area (Å²) in [5.41, 5.74) is 0.895. The number of benzene rings is 1. The quantitative estimate of drug-likeness (QED) is 0.782. The highest BCUT2D eigenvalue weighted by Gasteiger charge is 2.13. The number of rotatable bonds is 7. The molecular formula is C17H24N2O4. The van der Waals surface area contributed by atoms with Gasteiger partial charge in [-0.2, -0.15) is 0 Å². The van der Waals surface area contributed by atoms with Gasteiger partial charge in [-0.3, -0.25) is 9.59 Å². The molecule has 1 rings (SSSR count). The second kappa shape index (κ2) is 8.92. The second-order valence-corrected chi connectivity index (χ2v) is 5.73. The fourth-order valence-corrected chi connectivity index (χ4v) is 2.12. The number of amides is 2. The van der Waals surface area contributed by atoms with Crippen molar-refractivity contribution in [3.63, 3.8) is 0 Å². The molecule has 0 aliphatic heterocycles. The molecule has 1 aromatic rings. The average Bonchev–Trinajstić information content (AvgIpc) is 2.50. The fourth-order valence-electron chi connectivity index (χ4n) is 2.12. The van der Waals surface area contributed by atoms with Gasteiger partial charge in [0.05, 0.1) is 12.7 Å². The number of carbonyl (C=O) groups excluding carboxylic acids is 3. The molecule has 0 atom stereocenters. The van der Waals surface area contributed by atoms with E-state index in [0.717, 1.165) is 0 Å². The SMILES string of the molecule is COC(=O)c1cccc(NC(=O)CCN(CC(C)C)C(C)=O)c1. The molecule has 0 heterocycles. The predicted molar refractivity (Wildman–Crippen MR) is 88.1 cm³/mol. The lowest BCUT2D eigenvalue weighted by Gasteiger charge is -2.22. The zero-order chi connectivity index (χ0) is 17.4. The van der Waals surface area contributed by atoms with E-state index < -0.39 is 5.97 Å². The van der Waals surface area contributed by atoms with E-state index in [1.807, 2.05) is 13.8 Å². The monoisotopic (exact) mass is 320 g/mol. The van der Waals surface area contributed by atoms with Crippen LogP contribution in [0.4, 0.5) is 5.69 Å². The Morgan fingerprint density at radius 1 is 1.26 bits per heavy atom. The highest BCUT2D eigenvalue weighted by molar-refractivity contribution is 5.94. The Balaban J connectivity index is 2.59. The minimum Gasteiger partial charge on any atom is -0.465 e. The normalized spacial score (nSPS) is 10.3. The number of anilines is 1.